The van der Waals surface area contributed by atoms with Crippen molar-refractivity contribution in [2.75, 3.05) is 26.7 Å². The second-order valence-corrected chi connectivity index (χ2v) is 6.79. The predicted molar refractivity (Wildman–Crippen MR) is 92.2 cm³/mol. The topological polar surface area (TPSA) is 15.7 Å². The molecular formula is C20H24N2O. The molecular weight excluding hydrogens is 284 g/mol. The molecule has 2 saturated heterocycles. The molecule has 0 aliphatic carbocycles. The Kier molecular flexibility index (Phi) is 4.17. The highest BCUT2D eigenvalue weighted by molar-refractivity contribution is 5.23. The van der Waals surface area contributed by atoms with Gasteiger partial charge >= 0.3 is 0 Å². The molecule has 3 nitrogen and oxygen atoms in total. The first kappa shape index (κ1) is 14.9. The standard InChI is InChI=1S/C20H24N2O/c1-21-13-18-14-22(12-16-8-4-2-5-9-16)20(19(15-21)23-18)17-10-6-3-7-11-17/h2-11,18-20H,12-15H2,1H3/t18?,19-,20-/m0/s1. The fourth-order valence-electron chi connectivity index (χ4n) is 4.00. The van der Waals surface area contributed by atoms with Crippen LogP contribution in [0, 0.1) is 0 Å². The molecule has 3 heteroatoms. The number of nitrogens with zero attached hydrogens (tertiary/aromatic N) is 2. The molecule has 2 aliphatic heterocycles. The molecule has 2 fully saturated rings. The first-order valence-corrected chi connectivity index (χ1v) is 8.46. The molecule has 0 aromatic heterocycles. The maximum atomic E-state index is 6.34. The molecule has 0 saturated carbocycles. The summed E-state index contributed by atoms with van der Waals surface area (Å²) >= 11 is 0. The van der Waals surface area contributed by atoms with E-state index in [0.29, 0.717) is 12.1 Å². The van der Waals surface area contributed by atoms with Crippen molar-refractivity contribution in [3.05, 3.63) is 71.8 Å². The van der Waals surface area contributed by atoms with Crippen LogP contribution in [-0.2, 0) is 11.3 Å². The molecule has 2 aromatic carbocycles. The Morgan fingerprint density at radius 3 is 2.35 bits per heavy atom. The molecule has 2 bridgehead atoms. The van der Waals surface area contributed by atoms with Gasteiger partial charge in [-0.05, 0) is 18.2 Å². The van der Waals surface area contributed by atoms with Crippen LogP contribution in [0.1, 0.15) is 17.2 Å². The van der Waals surface area contributed by atoms with Crippen molar-refractivity contribution in [3.63, 3.8) is 0 Å². The molecule has 2 aliphatic rings. The number of hydrogen-bond donors (Lipinski definition) is 0. The van der Waals surface area contributed by atoms with Gasteiger partial charge in [-0.2, -0.15) is 0 Å². The number of benzene rings is 2. The van der Waals surface area contributed by atoms with E-state index in [1.165, 1.54) is 11.1 Å². The third kappa shape index (κ3) is 3.18. The van der Waals surface area contributed by atoms with Crippen molar-refractivity contribution >= 4 is 0 Å². The molecule has 0 radical (unpaired) electrons. The predicted octanol–water partition coefficient (Wildman–Crippen LogP) is 2.94. The van der Waals surface area contributed by atoms with Gasteiger partial charge in [0.1, 0.15) is 0 Å². The first-order valence-electron chi connectivity index (χ1n) is 8.46. The minimum atomic E-state index is 0.249. The van der Waals surface area contributed by atoms with E-state index in [2.05, 4.69) is 77.5 Å². The molecule has 0 amide bonds. The number of hydrogen-bond acceptors (Lipinski definition) is 3. The van der Waals surface area contributed by atoms with Gasteiger partial charge in [-0.25, -0.2) is 0 Å². The van der Waals surface area contributed by atoms with Gasteiger partial charge in [0, 0.05) is 26.2 Å². The van der Waals surface area contributed by atoms with Crippen molar-refractivity contribution in [2.45, 2.75) is 24.8 Å². The number of rotatable bonds is 3. The van der Waals surface area contributed by atoms with Crippen LogP contribution < -0.4 is 0 Å². The third-order valence-electron chi connectivity index (χ3n) is 4.93. The summed E-state index contributed by atoms with van der Waals surface area (Å²) in [5, 5.41) is 0. The van der Waals surface area contributed by atoms with E-state index in [1.807, 2.05) is 0 Å². The van der Waals surface area contributed by atoms with E-state index in [0.717, 1.165) is 26.2 Å². The van der Waals surface area contributed by atoms with Crippen LogP contribution in [-0.4, -0.2) is 48.7 Å². The molecule has 2 heterocycles. The van der Waals surface area contributed by atoms with E-state index in [-0.39, 0.29) is 6.10 Å². The zero-order valence-corrected chi connectivity index (χ0v) is 13.6. The molecule has 0 N–H and O–H groups in total. The quantitative estimate of drug-likeness (QED) is 0.867. The third-order valence-corrected chi connectivity index (χ3v) is 4.93. The Balaban J connectivity index is 1.64. The normalized spacial score (nSPS) is 28.7. The van der Waals surface area contributed by atoms with Gasteiger partial charge in [-0.1, -0.05) is 60.7 Å². The Labute approximate surface area is 138 Å². The average Bonchev–Trinajstić information content (AvgIpc) is 2.56. The van der Waals surface area contributed by atoms with Crippen LogP contribution in [0.3, 0.4) is 0 Å². The van der Waals surface area contributed by atoms with E-state index in [9.17, 15) is 0 Å². The van der Waals surface area contributed by atoms with Crippen LogP contribution in [0.2, 0.25) is 0 Å². The lowest BCUT2D eigenvalue weighted by atomic mass is 9.94. The molecule has 1 unspecified atom stereocenters. The van der Waals surface area contributed by atoms with E-state index < -0.39 is 0 Å². The van der Waals surface area contributed by atoms with Gasteiger partial charge in [0.2, 0.25) is 0 Å². The van der Waals surface area contributed by atoms with Gasteiger partial charge in [0.15, 0.2) is 0 Å². The Morgan fingerprint density at radius 1 is 0.913 bits per heavy atom. The van der Waals surface area contributed by atoms with Gasteiger partial charge < -0.3 is 9.64 Å². The second kappa shape index (κ2) is 6.44. The SMILES string of the molecule is CN1CC2CN(Cc3ccccc3)[C@@H](c3ccccc3)[C@H](C1)O2. The van der Waals surface area contributed by atoms with Crippen LogP contribution in [0.15, 0.2) is 60.7 Å². The van der Waals surface area contributed by atoms with Crippen molar-refractivity contribution in [2.24, 2.45) is 0 Å². The van der Waals surface area contributed by atoms with E-state index in [4.69, 9.17) is 4.74 Å². The highest BCUT2D eigenvalue weighted by Gasteiger charge is 2.41. The average molecular weight is 308 g/mol. The highest BCUT2D eigenvalue weighted by atomic mass is 16.5. The minimum Gasteiger partial charge on any atom is -0.369 e. The fraction of sp³-hybridized carbons (Fsp3) is 0.400. The number of fused-ring (bicyclic) bond motifs is 2. The van der Waals surface area contributed by atoms with Crippen molar-refractivity contribution in [3.8, 4) is 0 Å². The Hall–Kier alpha value is -1.68. The fourth-order valence-corrected chi connectivity index (χ4v) is 4.00. The molecule has 4 rings (SSSR count). The summed E-state index contributed by atoms with van der Waals surface area (Å²) in [5.41, 5.74) is 2.74. The summed E-state index contributed by atoms with van der Waals surface area (Å²) in [4.78, 5) is 5.02. The van der Waals surface area contributed by atoms with Gasteiger partial charge in [0.25, 0.3) is 0 Å². The summed E-state index contributed by atoms with van der Waals surface area (Å²) in [6.07, 6.45) is 0.570. The molecule has 2 aromatic rings. The van der Waals surface area contributed by atoms with Gasteiger partial charge in [-0.15, -0.1) is 0 Å². The Bertz CT molecular complexity index is 629. The van der Waals surface area contributed by atoms with Gasteiger partial charge in [-0.3, -0.25) is 4.90 Å². The maximum absolute atomic E-state index is 6.34. The van der Waals surface area contributed by atoms with Crippen LogP contribution in [0.25, 0.3) is 0 Å². The van der Waals surface area contributed by atoms with Crippen molar-refractivity contribution in [1.29, 1.82) is 0 Å². The lowest BCUT2D eigenvalue weighted by Crippen LogP contribution is -2.59. The lowest BCUT2D eigenvalue weighted by Gasteiger charge is -2.50. The second-order valence-electron chi connectivity index (χ2n) is 6.79. The minimum absolute atomic E-state index is 0.249. The number of ether oxygens (including phenoxy) is 1. The summed E-state index contributed by atoms with van der Waals surface area (Å²) in [7, 11) is 2.21. The monoisotopic (exact) mass is 308 g/mol. The van der Waals surface area contributed by atoms with Crippen LogP contribution in [0.4, 0.5) is 0 Å². The van der Waals surface area contributed by atoms with Crippen molar-refractivity contribution < 1.29 is 4.74 Å². The zero-order valence-electron chi connectivity index (χ0n) is 13.6. The smallest absolute Gasteiger partial charge is 0.0903 e. The maximum Gasteiger partial charge on any atom is 0.0903 e. The lowest BCUT2D eigenvalue weighted by molar-refractivity contribution is -0.166. The summed E-state index contributed by atoms with van der Waals surface area (Å²) in [6.45, 7) is 4.01. The first-order chi connectivity index (χ1) is 11.3. The Morgan fingerprint density at radius 2 is 1.61 bits per heavy atom. The molecule has 0 spiro atoms. The summed E-state index contributed by atoms with van der Waals surface area (Å²) in [6, 6.07) is 21.9. The largest absolute Gasteiger partial charge is 0.369 e. The highest BCUT2D eigenvalue weighted by Crippen LogP contribution is 2.35. The van der Waals surface area contributed by atoms with E-state index >= 15 is 0 Å². The number of likely N-dealkylation sites (N-methyl/N-ethyl adjacent to an activating group) is 1. The summed E-state index contributed by atoms with van der Waals surface area (Å²) in [5.74, 6) is 0. The summed E-state index contributed by atoms with van der Waals surface area (Å²) < 4.78 is 6.34. The molecule has 23 heavy (non-hydrogen) atoms. The van der Waals surface area contributed by atoms with Crippen molar-refractivity contribution in [1.82, 2.24) is 9.80 Å². The zero-order chi connectivity index (χ0) is 15.6. The number of morpholine rings is 2. The molecule has 120 valence electrons. The van der Waals surface area contributed by atoms with Gasteiger partial charge in [0.05, 0.1) is 18.2 Å². The molecule has 3 atom stereocenters. The van der Waals surface area contributed by atoms with Crippen LogP contribution in [0.5, 0.6) is 0 Å². The van der Waals surface area contributed by atoms with E-state index in [1.54, 1.807) is 0 Å². The van der Waals surface area contributed by atoms with Crippen LogP contribution >= 0.6 is 0 Å².